The number of aromatic amines is 1. The van der Waals surface area contributed by atoms with Crippen LogP contribution < -0.4 is 25.1 Å². The van der Waals surface area contributed by atoms with E-state index >= 15 is 0 Å². The van der Waals surface area contributed by atoms with Gasteiger partial charge in [-0.3, -0.25) is 14.4 Å². The number of carbonyl (C=O) groups is 2. The second-order valence-electron chi connectivity index (χ2n) is 8.68. The monoisotopic (exact) mass is 546 g/mol. The zero-order chi connectivity index (χ0) is 28.5. The molecule has 0 unspecified atom stereocenters. The molecule has 0 saturated carbocycles. The number of carbonyl (C=O) groups excluding carboxylic acids is 2. The zero-order valence-corrected chi connectivity index (χ0v) is 22.4. The van der Waals surface area contributed by atoms with Crippen molar-refractivity contribution in [3.8, 4) is 17.2 Å². The minimum atomic E-state index is -0.366. The van der Waals surface area contributed by atoms with Crippen molar-refractivity contribution in [2.45, 2.75) is 6.54 Å². The third-order valence-corrected chi connectivity index (χ3v) is 6.00. The van der Waals surface area contributed by atoms with Crippen molar-refractivity contribution in [1.29, 1.82) is 0 Å². The van der Waals surface area contributed by atoms with E-state index in [1.807, 2.05) is 0 Å². The minimum absolute atomic E-state index is 0.0639. The van der Waals surface area contributed by atoms with Gasteiger partial charge < -0.3 is 34.1 Å². The van der Waals surface area contributed by atoms with Crippen LogP contribution in [0.15, 0.2) is 71.5 Å². The fourth-order valence-electron chi connectivity index (χ4n) is 3.96. The molecule has 11 heteroatoms. The third-order valence-electron chi connectivity index (χ3n) is 6.00. The smallest absolute Gasteiger partial charge is 0.262 e. The summed E-state index contributed by atoms with van der Waals surface area (Å²) in [6.45, 7) is 0.341. The first-order valence-corrected chi connectivity index (χ1v) is 12.4. The van der Waals surface area contributed by atoms with Gasteiger partial charge in [-0.05, 0) is 54.6 Å². The molecule has 208 valence electrons. The normalized spacial score (nSPS) is 10.7. The molecule has 3 aromatic carbocycles. The van der Waals surface area contributed by atoms with Gasteiger partial charge in [0.25, 0.3) is 17.4 Å². The first-order valence-electron chi connectivity index (χ1n) is 12.4. The Morgan fingerprint density at radius 2 is 1.73 bits per heavy atom. The van der Waals surface area contributed by atoms with Gasteiger partial charge in [-0.25, -0.2) is 4.98 Å². The second-order valence-corrected chi connectivity index (χ2v) is 8.68. The second kappa shape index (κ2) is 13.3. The number of H-pyrrole nitrogens is 1. The molecule has 2 N–H and O–H groups in total. The van der Waals surface area contributed by atoms with Crippen LogP contribution in [-0.4, -0.2) is 67.8 Å². The Hall–Kier alpha value is -4.90. The lowest BCUT2D eigenvalue weighted by molar-refractivity contribution is -0.118. The van der Waals surface area contributed by atoms with Gasteiger partial charge in [-0.1, -0.05) is 12.1 Å². The van der Waals surface area contributed by atoms with Gasteiger partial charge in [0.2, 0.25) is 0 Å². The molecular weight excluding hydrogens is 516 g/mol. The number of amides is 2. The molecule has 0 aliphatic rings. The SMILES string of the molecule is COCCN(Cc1nc2ccccc2c(=O)[nH]1)C(=O)c1ccc(OCC(=O)Nc2ccc(OC)cc2)c(OC)c1. The Labute approximate surface area is 230 Å². The Balaban J connectivity index is 1.46. The average molecular weight is 547 g/mol. The van der Waals surface area contributed by atoms with E-state index in [4.69, 9.17) is 18.9 Å². The molecular formula is C29H30N4O7. The molecule has 0 aliphatic carbocycles. The average Bonchev–Trinajstić information content (AvgIpc) is 2.98. The molecule has 0 aliphatic heterocycles. The lowest BCUT2D eigenvalue weighted by Gasteiger charge is -2.22. The third kappa shape index (κ3) is 6.94. The predicted octanol–water partition coefficient (Wildman–Crippen LogP) is 3.25. The maximum absolute atomic E-state index is 13.5. The summed E-state index contributed by atoms with van der Waals surface area (Å²) in [6.07, 6.45) is 0. The molecule has 0 bridgehead atoms. The molecule has 0 saturated heterocycles. The summed E-state index contributed by atoms with van der Waals surface area (Å²) in [4.78, 5) is 47.1. The van der Waals surface area contributed by atoms with Crippen LogP contribution in [0.3, 0.4) is 0 Å². The molecule has 1 aromatic heterocycles. The van der Waals surface area contributed by atoms with Gasteiger partial charge >= 0.3 is 0 Å². The van der Waals surface area contributed by atoms with E-state index in [9.17, 15) is 14.4 Å². The number of benzene rings is 3. The molecule has 1 heterocycles. The predicted molar refractivity (Wildman–Crippen MR) is 149 cm³/mol. The molecule has 0 fully saturated rings. The number of para-hydroxylation sites is 1. The Bertz CT molecular complexity index is 1540. The topological polar surface area (TPSA) is 132 Å². The highest BCUT2D eigenvalue weighted by molar-refractivity contribution is 5.95. The highest BCUT2D eigenvalue weighted by atomic mass is 16.5. The molecule has 0 radical (unpaired) electrons. The first kappa shape index (κ1) is 28.1. The lowest BCUT2D eigenvalue weighted by Crippen LogP contribution is -2.34. The zero-order valence-electron chi connectivity index (χ0n) is 22.4. The summed E-state index contributed by atoms with van der Waals surface area (Å²) in [5, 5.41) is 3.21. The van der Waals surface area contributed by atoms with Crippen LogP contribution in [0.2, 0.25) is 0 Å². The summed E-state index contributed by atoms with van der Waals surface area (Å²) in [5.74, 6) is 0.920. The summed E-state index contributed by atoms with van der Waals surface area (Å²) in [6, 6.07) is 18.6. The number of hydrogen-bond acceptors (Lipinski definition) is 8. The number of aromatic nitrogens is 2. The van der Waals surface area contributed by atoms with E-state index in [1.54, 1.807) is 74.9 Å². The molecule has 11 nitrogen and oxygen atoms in total. The fraction of sp³-hybridized carbons (Fsp3) is 0.241. The van der Waals surface area contributed by atoms with Crippen molar-refractivity contribution in [3.63, 3.8) is 0 Å². The van der Waals surface area contributed by atoms with Crippen LogP contribution in [0.4, 0.5) is 5.69 Å². The van der Waals surface area contributed by atoms with Gasteiger partial charge in [0.1, 0.15) is 11.6 Å². The van der Waals surface area contributed by atoms with E-state index in [2.05, 4.69) is 15.3 Å². The maximum atomic E-state index is 13.5. The highest BCUT2D eigenvalue weighted by Gasteiger charge is 2.20. The van der Waals surface area contributed by atoms with Crippen molar-refractivity contribution in [2.75, 3.05) is 46.4 Å². The molecule has 2 amide bonds. The highest BCUT2D eigenvalue weighted by Crippen LogP contribution is 2.29. The molecule has 0 spiro atoms. The largest absolute Gasteiger partial charge is 0.497 e. The van der Waals surface area contributed by atoms with Gasteiger partial charge in [0.05, 0.1) is 38.3 Å². The van der Waals surface area contributed by atoms with E-state index < -0.39 is 0 Å². The van der Waals surface area contributed by atoms with Crippen LogP contribution in [0, 0.1) is 0 Å². The standard InChI is InChI=1S/C29H30N4O7/c1-37-15-14-33(17-26-31-23-7-5-4-6-22(23)28(35)32-26)29(36)19-8-13-24(25(16-19)39-3)40-18-27(34)30-20-9-11-21(38-2)12-10-20/h4-13,16H,14-15,17-18H2,1-3H3,(H,30,34)(H,31,32,35). The number of rotatable bonds is 12. The first-order chi connectivity index (χ1) is 19.4. The van der Waals surface area contributed by atoms with Gasteiger partial charge in [0, 0.05) is 24.9 Å². The van der Waals surface area contributed by atoms with E-state index in [1.165, 1.54) is 18.1 Å². The van der Waals surface area contributed by atoms with E-state index in [-0.39, 0.29) is 49.4 Å². The van der Waals surface area contributed by atoms with Gasteiger partial charge in [-0.2, -0.15) is 0 Å². The van der Waals surface area contributed by atoms with E-state index in [0.29, 0.717) is 39.5 Å². The number of hydrogen-bond donors (Lipinski definition) is 2. The molecule has 4 aromatic rings. The Morgan fingerprint density at radius 1 is 0.950 bits per heavy atom. The van der Waals surface area contributed by atoms with Crippen LogP contribution in [0.25, 0.3) is 10.9 Å². The summed E-state index contributed by atoms with van der Waals surface area (Å²) in [7, 11) is 4.55. The van der Waals surface area contributed by atoms with Crippen LogP contribution in [0.1, 0.15) is 16.2 Å². The molecule has 40 heavy (non-hydrogen) atoms. The Kier molecular flexibility index (Phi) is 9.31. The van der Waals surface area contributed by atoms with Crippen LogP contribution in [-0.2, 0) is 16.1 Å². The van der Waals surface area contributed by atoms with E-state index in [0.717, 1.165) is 0 Å². The van der Waals surface area contributed by atoms with Crippen molar-refractivity contribution < 1.29 is 28.5 Å². The number of ether oxygens (including phenoxy) is 4. The number of fused-ring (bicyclic) bond motifs is 1. The number of nitrogens with zero attached hydrogens (tertiary/aromatic N) is 2. The summed E-state index contributed by atoms with van der Waals surface area (Å²) in [5.41, 5.74) is 1.19. The molecule has 0 atom stereocenters. The van der Waals surface area contributed by atoms with Crippen molar-refractivity contribution in [3.05, 3.63) is 88.5 Å². The summed E-state index contributed by atoms with van der Waals surface area (Å²) < 4.78 is 21.4. The quantitative estimate of drug-likeness (QED) is 0.277. The van der Waals surface area contributed by atoms with Crippen molar-refractivity contribution in [2.24, 2.45) is 0 Å². The van der Waals surface area contributed by atoms with Crippen molar-refractivity contribution >= 4 is 28.4 Å². The Morgan fingerprint density at radius 3 is 2.45 bits per heavy atom. The maximum Gasteiger partial charge on any atom is 0.262 e. The fourth-order valence-corrected chi connectivity index (χ4v) is 3.96. The number of nitrogens with one attached hydrogen (secondary N) is 2. The molecule has 4 rings (SSSR count). The minimum Gasteiger partial charge on any atom is -0.497 e. The van der Waals surface area contributed by atoms with Crippen molar-refractivity contribution in [1.82, 2.24) is 14.9 Å². The number of anilines is 1. The number of methoxy groups -OCH3 is 3. The van der Waals surface area contributed by atoms with Gasteiger partial charge in [0.15, 0.2) is 18.1 Å². The van der Waals surface area contributed by atoms with Crippen LogP contribution in [0.5, 0.6) is 17.2 Å². The lowest BCUT2D eigenvalue weighted by atomic mass is 10.1. The van der Waals surface area contributed by atoms with Gasteiger partial charge in [-0.15, -0.1) is 0 Å². The summed E-state index contributed by atoms with van der Waals surface area (Å²) >= 11 is 0. The van der Waals surface area contributed by atoms with Crippen LogP contribution >= 0.6 is 0 Å².